The van der Waals surface area contributed by atoms with Gasteiger partial charge in [0.1, 0.15) is 0 Å². The molecule has 2 fully saturated rings. The largest absolute Gasteiger partial charge is 0.380 e. The van der Waals surface area contributed by atoms with Crippen molar-refractivity contribution in [3.05, 3.63) is 35.9 Å². The van der Waals surface area contributed by atoms with E-state index in [9.17, 15) is 4.79 Å². The Labute approximate surface area is 152 Å². The number of carbonyl (C=O) groups excluding carboxylic acids is 1. The summed E-state index contributed by atoms with van der Waals surface area (Å²) in [5.74, 6) is 0.341. The van der Waals surface area contributed by atoms with E-state index in [-0.39, 0.29) is 0 Å². The Balaban J connectivity index is 1.56. The average molecular weight is 344 g/mol. The minimum atomic E-state index is 0.301. The van der Waals surface area contributed by atoms with Gasteiger partial charge in [-0.3, -0.25) is 4.79 Å². The summed E-state index contributed by atoms with van der Waals surface area (Å²) in [6.07, 6.45) is 5.23. The molecule has 1 atom stereocenters. The Morgan fingerprint density at radius 3 is 2.76 bits per heavy atom. The van der Waals surface area contributed by atoms with Gasteiger partial charge in [0.2, 0.25) is 5.91 Å². The summed E-state index contributed by atoms with van der Waals surface area (Å²) in [5.41, 5.74) is 1.62. The van der Waals surface area contributed by atoms with E-state index in [1.807, 2.05) is 6.07 Å². The van der Waals surface area contributed by atoms with Crippen LogP contribution in [-0.4, -0.2) is 61.6 Å². The number of hydrogen-bond acceptors (Lipinski definition) is 3. The second-order valence-electron chi connectivity index (χ2n) is 7.63. The van der Waals surface area contributed by atoms with Crippen molar-refractivity contribution in [3.8, 4) is 0 Å². The van der Waals surface area contributed by atoms with Gasteiger partial charge in [-0.25, -0.2) is 0 Å². The van der Waals surface area contributed by atoms with Crippen LogP contribution >= 0.6 is 0 Å². The van der Waals surface area contributed by atoms with Gasteiger partial charge in [0.15, 0.2) is 0 Å². The normalized spacial score (nSPS) is 24.8. The molecule has 0 N–H and O–H groups in total. The molecule has 0 radical (unpaired) electrons. The molecule has 138 valence electrons. The molecule has 1 unspecified atom stereocenters. The zero-order chi connectivity index (χ0) is 17.5. The molecule has 4 nitrogen and oxygen atoms in total. The van der Waals surface area contributed by atoms with Gasteiger partial charge in [-0.1, -0.05) is 30.3 Å². The first-order valence-electron chi connectivity index (χ1n) is 9.83. The second kappa shape index (κ2) is 8.81. The van der Waals surface area contributed by atoms with Crippen LogP contribution < -0.4 is 0 Å². The highest BCUT2D eigenvalue weighted by atomic mass is 16.5. The third-order valence-corrected chi connectivity index (χ3v) is 5.76. The van der Waals surface area contributed by atoms with Crippen molar-refractivity contribution in [2.75, 3.05) is 45.9 Å². The maximum atomic E-state index is 12.4. The molecular weight excluding hydrogens is 312 g/mol. The molecule has 0 bridgehead atoms. The number of carbonyl (C=O) groups is 1. The van der Waals surface area contributed by atoms with Crippen molar-refractivity contribution in [1.82, 2.24) is 9.80 Å². The minimum absolute atomic E-state index is 0.301. The fourth-order valence-electron chi connectivity index (χ4n) is 4.39. The lowest BCUT2D eigenvalue weighted by molar-refractivity contribution is -0.139. The van der Waals surface area contributed by atoms with E-state index < -0.39 is 0 Å². The monoisotopic (exact) mass is 344 g/mol. The molecule has 2 aliphatic heterocycles. The Hall–Kier alpha value is -1.39. The fraction of sp³-hybridized carbons (Fsp3) is 0.667. The molecule has 1 spiro atoms. The molecule has 1 amide bonds. The van der Waals surface area contributed by atoms with Gasteiger partial charge in [0, 0.05) is 44.6 Å². The van der Waals surface area contributed by atoms with E-state index in [4.69, 9.17) is 4.74 Å². The maximum absolute atomic E-state index is 12.4. The third kappa shape index (κ3) is 5.05. The first-order chi connectivity index (χ1) is 12.2. The molecule has 2 saturated heterocycles. The highest BCUT2D eigenvalue weighted by molar-refractivity contribution is 5.77. The van der Waals surface area contributed by atoms with Crippen LogP contribution in [0.1, 0.15) is 38.2 Å². The number of amides is 1. The summed E-state index contributed by atoms with van der Waals surface area (Å²) in [6, 6.07) is 10.5. The van der Waals surface area contributed by atoms with Gasteiger partial charge >= 0.3 is 0 Å². The highest BCUT2D eigenvalue weighted by Gasteiger charge is 2.41. The number of piperidine rings is 2. The number of nitrogens with zero attached hydrogens (tertiary/aromatic N) is 2. The van der Waals surface area contributed by atoms with Crippen LogP contribution in [0, 0.1) is 5.41 Å². The number of likely N-dealkylation sites (tertiary alicyclic amines) is 2. The molecule has 1 aromatic carbocycles. The van der Waals surface area contributed by atoms with Crippen LogP contribution in [0.4, 0.5) is 0 Å². The van der Waals surface area contributed by atoms with Crippen LogP contribution in [0.15, 0.2) is 30.3 Å². The first kappa shape index (κ1) is 18.4. The van der Waals surface area contributed by atoms with Crippen molar-refractivity contribution in [1.29, 1.82) is 0 Å². The molecule has 2 aliphatic rings. The van der Waals surface area contributed by atoms with Crippen LogP contribution in [0.2, 0.25) is 0 Å². The van der Waals surface area contributed by atoms with Gasteiger partial charge in [0.25, 0.3) is 0 Å². The van der Waals surface area contributed by atoms with Gasteiger partial charge in [-0.15, -0.1) is 0 Å². The van der Waals surface area contributed by atoms with Crippen LogP contribution in [0.5, 0.6) is 0 Å². The van der Waals surface area contributed by atoms with Crippen molar-refractivity contribution >= 4 is 5.91 Å². The number of hydrogen-bond donors (Lipinski definition) is 0. The first-order valence-corrected chi connectivity index (χ1v) is 9.83. The third-order valence-electron chi connectivity index (χ3n) is 5.76. The molecule has 3 rings (SSSR count). The molecule has 4 heteroatoms. The lowest BCUT2D eigenvalue weighted by Gasteiger charge is -2.48. The molecular formula is C21H32N2O2. The quantitative estimate of drug-likeness (QED) is 0.713. The molecule has 1 aromatic rings. The Bertz CT molecular complexity index is 548. The Kier molecular flexibility index (Phi) is 6.49. The zero-order valence-electron chi connectivity index (χ0n) is 15.6. The fourth-order valence-corrected chi connectivity index (χ4v) is 4.39. The lowest BCUT2D eigenvalue weighted by atomic mass is 9.73. The molecule has 2 heterocycles. The van der Waals surface area contributed by atoms with Crippen molar-refractivity contribution in [2.45, 2.75) is 39.0 Å². The standard InChI is InChI=1S/C21H32N2O2/c1-2-25-16-15-22-13-6-11-21(17-22)12-9-20(24)23(18-21)14-10-19-7-4-3-5-8-19/h3-5,7-8H,2,6,9-18H2,1H3. The van der Waals surface area contributed by atoms with E-state index in [0.29, 0.717) is 17.7 Å². The zero-order valence-corrected chi connectivity index (χ0v) is 15.6. The van der Waals surface area contributed by atoms with E-state index in [2.05, 4.69) is 41.0 Å². The number of rotatable bonds is 7. The van der Waals surface area contributed by atoms with Crippen LogP contribution in [0.3, 0.4) is 0 Å². The van der Waals surface area contributed by atoms with Gasteiger partial charge < -0.3 is 14.5 Å². The summed E-state index contributed by atoms with van der Waals surface area (Å²) >= 11 is 0. The van der Waals surface area contributed by atoms with E-state index in [0.717, 1.165) is 52.2 Å². The van der Waals surface area contributed by atoms with E-state index in [1.165, 1.54) is 24.9 Å². The van der Waals surface area contributed by atoms with Crippen molar-refractivity contribution in [2.24, 2.45) is 5.41 Å². The Morgan fingerprint density at radius 1 is 1.12 bits per heavy atom. The average Bonchev–Trinajstić information content (AvgIpc) is 2.64. The van der Waals surface area contributed by atoms with Gasteiger partial charge in [-0.2, -0.15) is 0 Å². The molecule has 0 aromatic heterocycles. The molecule has 0 saturated carbocycles. The summed E-state index contributed by atoms with van der Waals surface area (Å²) in [5, 5.41) is 0. The number of benzene rings is 1. The minimum Gasteiger partial charge on any atom is -0.380 e. The van der Waals surface area contributed by atoms with Gasteiger partial charge in [-0.05, 0) is 44.7 Å². The van der Waals surface area contributed by atoms with Crippen LogP contribution in [-0.2, 0) is 16.0 Å². The summed E-state index contributed by atoms with van der Waals surface area (Å²) in [6.45, 7) is 8.77. The highest BCUT2D eigenvalue weighted by Crippen LogP contribution is 2.38. The Morgan fingerprint density at radius 2 is 1.96 bits per heavy atom. The van der Waals surface area contributed by atoms with E-state index >= 15 is 0 Å². The SMILES string of the molecule is CCOCCN1CCCC2(CCC(=O)N(CCc3ccccc3)C2)C1. The second-order valence-corrected chi connectivity index (χ2v) is 7.63. The number of ether oxygens (including phenoxy) is 1. The van der Waals surface area contributed by atoms with Crippen molar-refractivity contribution < 1.29 is 9.53 Å². The lowest BCUT2D eigenvalue weighted by Crippen LogP contribution is -2.54. The summed E-state index contributed by atoms with van der Waals surface area (Å²) in [4.78, 5) is 17.1. The maximum Gasteiger partial charge on any atom is 0.222 e. The topological polar surface area (TPSA) is 32.8 Å². The molecule has 0 aliphatic carbocycles. The molecule has 25 heavy (non-hydrogen) atoms. The predicted octanol–water partition coefficient (Wildman–Crippen LogP) is 2.97. The van der Waals surface area contributed by atoms with Crippen molar-refractivity contribution in [3.63, 3.8) is 0 Å². The summed E-state index contributed by atoms with van der Waals surface area (Å²) < 4.78 is 5.53. The summed E-state index contributed by atoms with van der Waals surface area (Å²) in [7, 11) is 0. The smallest absolute Gasteiger partial charge is 0.222 e. The van der Waals surface area contributed by atoms with E-state index in [1.54, 1.807) is 0 Å². The van der Waals surface area contributed by atoms with Gasteiger partial charge in [0.05, 0.1) is 6.61 Å². The predicted molar refractivity (Wildman–Crippen MR) is 101 cm³/mol. The van der Waals surface area contributed by atoms with Crippen LogP contribution in [0.25, 0.3) is 0 Å².